The number of imidazole rings is 1. The van der Waals surface area contributed by atoms with Crippen molar-refractivity contribution in [3.8, 4) is 11.5 Å². The average molecular weight is 587 g/mol. The van der Waals surface area contributed by atoms with E-state index in [-0.39, 0.29) is 28.8 Å². The highest BCUT2D eigenvalue weighted by Gasteiger charge is 2.49. The summed E-state index contributed by atoms with van der Waals surface area (Å²) in [6.45, 7) is 12.9. The Hall–Kier alpha value is -4.77. The summed E-state index contributed by atoms with van der Waals surface area (Å²) in [7, 11) is 0. The van der Waals surface area contributed by atoms with Gasteiger partial charge in [0.15, 0.2) is 28.2 Å². The van der Waals surface area contributed by atoms with Gasteiger partial charge in [0.25, 0.3) is 5.78 Å². The van der Waals surface area contributed by atoms with Crippen molar-refractivity contribution in [2.45, 2.75) is 40.7 Å². The van der Waals surface area contributed by atoms with Gasteiger partial charge in [0, 0.05) is 13.1 Å². The molecule has 1 aliphatic rings. The third-order valence-corrected chi connectivity index (χ3v) is 8.26. The molecule has 4 aromatic rings. The van der Waals surface area contributed by atoms with Gasteiger partial charge in [-0.05, 0) is 57.0 Å². The fourth-order valence-corrected chi connectivity index (χ4v) is 6.05. The van der Waals surface area contributed by atoms with Crippen LogP contribution in [-0.4, -0.2) is 50.2 Å². The van der Waals surface area contributed by atoms with Gasteiger partial charge >= 0.3 is 5.91 Å². The normalized spacial score (nSPS) is 16.3. The Bertz CT molecular complexity index is 1800. The molecule has 3 aromatic heterocycles. The first-order valence-corrected chi connectivity index (χ1v) is 14.1. The second kappa shape index (κ2) is 11.2. The van der Waals surface area contributed by atoms with E-state index in [9.17, 15) is 19.5 Å². The Morgan fingerprint density at radius 2 is 1.90 bits per heavy atom. The van der Waals surface area contributed by atoms with Crippen LogP contribution in [0.2, 0.25) is 0 Å². The monoisotopic (exact) mass is 586 g/mol. The quantitative estimate of drug-likeness (QED) is 0.0896. The van der Waals surface area contributed by atoms with Crippen molar-refractivity contribution in [1.82, 2.24) is 14.4 Å². The number of fused-ring (bicyclic) bond motifs is 1. The minimum atomic E-state index is -1.09. The molecular formula is C31H30N4O6S. The van der Waals surface area contributed by atoms with Crippen LogP contribution in [0.1, 0.15) is 57.8 Å². The van der Waals surface area contributed by atoms with E-state index in [4.69, 9.17) is 9.47 Å². The van der Waals surface area contributed by atoms with Crippen molar-refractivity contribution in [3.63, 3.8) is 0 Å². The molecule has 1 amide bonds. The van der Waals surface area contributed by atoms with Gasteiger partial charge in [-0.25, -0.2) is 9.97 Å². The zero-order valence-corrected chi connectivity index (χ0v) is 24.7. The molecule has 216 valence electrons. The minimum absolute atomic E-state index is 0.149. The number of thiazole rings is 1. The molecular weight excluding hydrogens is 556 g/mol. The number of aliphatic hydroxyl groups excluding tert-OH is 1. The number of carbonyl (C=O) groups is 3. The number of anilines is 1. The molecule has 4 heterocycles. The van der Waals surface area contributed by atoms with Gasteiger partial charge in [0.05, 0.1) is 34.5 Å². The Labute approximate surface area is 246 Å². The third-order valence-electron chi connectivity index (χ3n) is 7.00. The number of nitrogens with zero attached hydrogens (tertiary/aromatic N) is 4. The van der Waals surface area contributed by atoms with Crippen LogP contribution >= 0.6 is 11.3 Å². The van der Waals surface area contributed by atoms with Crippen LogP contribution in [0.5, 0.6) is 11.5 Å². The predicted molar refractivity (Wildman–Crippen MR) is 160 cm³/mol. The molecule has 0 bridgehead atoms. The number of aromatic nitrogens is 3. The molecule has 10 nitrogen and oxygen atoms in total. The van der Waals surface area contributed by atoms with Crippen LogP contribution in [0.4, 0.5) is 5.13 Å². The molecule has 0 aliphatic carbocycles. The first-order chi connectivity index (χ1) is 20.1. The Morgan fingerprint density at radius 3 is 2.55 bits per heavy atom. The smallest absolute Gasteiger partial charge is 0.301 e. The Balaban J connectivity index is 1.77. The molecule has 1 saturated heterocycles. The topological polar surface area (TPSA) is 123 Å². The number of hydrogen-bond acceptors (Lipinski definition) is 9. The molecule has 1 atom stereocenters. The number of ether oxygens (including phenoxy) is 2. The van der Waals surface area contributed by atoms with Crippen molar-refractivity contribution >= 4 is 45.3 Å². The highest BCUT2D eigenvalue weighted by atomic mass is 32.1. The van der Waals surface area contributed by atoms with E-state index in [0.29, 0.717) is 45.6 Å². The molecule has 11 heteroatoms. The van der Waals surface area contributed by atoms with Crippen LogP contribution in [0.3, 0.4) is 0 Å². The maximum Gasteiger partial charge on any atom is 0.301 e. The lowest BCUT2D eigenvalue weighted by atomic mass is 9.96. The number of carbonyl (C=O) groups excluding carboxylic acids is 3. The summed E-state index contributed by atoms with van der Waals surface area (Å²) in [5.41, 5.74) is 3.04. The average Bonchev–Trinajstić information content (AvgIpc) is 3.60. The van der Waals surface area contributed by atoms with Crippen molar-refractivity contribution in [2.75, 3.05) is 18.1 Å². The van der Waals surface area contributed by atoms with E-state index in [1.54, 1.807) is 38.1 Å². The number of hydrogen-bond donors (Lipinski definition) is 1. The van der Waals surface area contributed by atoms with E-state index in [1.165, 1.54) is 11.8 Å². The number of pyridine rings is 1. The van der Waals surface area contributed by atoms with Crippen LogP contribution in [0.25, 0.3) is 11.4 Å². The van der Waals surface area contributed by atoms with Gasteiger partial charge < -0.3 is 19.0 Å². The number of Topliss-reactive ketones (excluding diaryl/α,β-unsaturated/α-hetero) is 2. The lowest BCUT2D eigenvalue weighted by Crippen LogP contribution is -2.29. The van der Waals surface area contributed by atoms with Gasteiger partial charge in [-0.2, -0.15) is 0 Å². The molecule has 1 aromatic carbocycles. The maximum atomic E-state index is 13.7. The summed E-state index contributed by atoms with van der Waals surface area (Å²) in [6.07, 6.45) is 3.42. The molecule has 0 spiro atoms. The van der Waals surface area contributed by atoms with Crippen LogP contribution in [0.15, 0.2) is 54.8 Å². The van der Waals surface area contributed by atoms with Gasteiger partial charge in [0.2, 0.25) is 0 Å². The molecule has 0 radical (unpaired) electrons. The Kier molecular flexibility index (Phi) is 7.70. The van der Waals surface area contributed by atoms with Crippen molar-refractivity contribution < 1.29 is 29.0 Å². The van der Waals surface area contributed by atoms with Crippen molar-refractivity contribution in [2.24, 2.45) is 0 Å². The van der Waals surface area contributed by atoms with E-state index in [1.807, 2.05) is 36.6 Å². The van der Waals surface area contributed by atoms with Crippen molar-refractivity contribution in [3.05, 3.63) is 87.8 Å². The molecule has 1 unspecified atom stereocenters. The summed E-state index contributed by atoms with van der Waals surface area (Å²) >= 11 is 1.02. The largest absolute Gasteiger partial charge is 0.505 e. The summed E-state index contributed by atoms with van der Waals surface area (Å²) in [5.74, 6) is -1.55. The molecule has 0 saturated carbocycles. The zero-order valence-electron chi connectivity index (χ0n) is 23.9. The maximum absolute atomic E-state index is 13.7. The summed E-state index contributed by atoms with van der Waals surface area (Å²) in [4.78, 5) is 50.4. The summed E-state index contributed by atoms with van der Waals surface area (Å²) < 4.78 is 13.4. The summed E-state index contributed by atoms with van der Waals surface area (Å²) in [5, 5.41) is 11.9. The van der Waals surface area contributed by atoms with Gasteiger partial charge in [0.1, 0.15) is 17.9 Å². The molecule has 1 aliphatic heterocycles. The SMILES string of the molecule is C=CCOc1ccc(C2/C(=C(\O)c3nc4c(C)cccn4c3C)C(=O)C(=O)N2c2nc(C)c(C(C)=O)s2)cc1OCC. The number of rotatable bonds is 9. The molecule has 5 rings (SSSR count). The number of aliphatic hydroxyl groups is 1. The standard InChI is InChI=1S/C31H30N4O6S/c1-7-14-41-21-12-11-20(15-22(21)40-8-2)25-23(26(37)24-18(5)34-13-9-10-16(3)29(34)33-24)27(38)30(39)35(25)31-32-17(4)28(42-31)19(6)36/h7,9-13,15,25,37H,1,8,14H2,2-6H3/b26-23+. The lowest BCUT2D eigenvalue weighted by Gasteiger charge is -2.24. The third kappa shape index (κ3) is 4.75. The highest BCUT2D eigenvalue weighted by Crippen LogP contribution is 2.45. The number of ketones is 2. The van der Waals surface area contributed by atoms with Crippen molar-refractivity contribution in [1.29, 1.82) is 0 Å². The first-order valence-electron chi connectivity index (χ1n) is 13.3. The fraction of sp³-hybridized carbons (Fsp3) is 0.258. The Morgan fingerprint density at radius 1 is 1.14 bits per heavy atom. The minimum Gasteiger partial charge on any atom is -0.505 e. The predicted octanol–water partition coefficient (Wildman–Crippen LogP) is 5.51. The van der Waals surface area contributed by atoms with Gasteiger partial charge in [-0.15, -0.1) is 0 Å². The highest BCUT2D eigenvalue weighted by molar-refractivity contribution is 7.18. The second-order valence-electron chi connectivity index (χ2n) is 9.81. The first kappa shape index (κ1) is 28.7. The second-order valence-corrected chi connectivity index (χ2v) is 10.8. The molecule has 42 heavy (non-hydrogen) atoms. The van der Waals surface area contributed by atoms with Gasteiger partial charge in [-0.1, -0.05) is 36.1 Å². The van der Waals surface area contributed by atoms with E-state index in [0.717, 1.165) is 16.9 Å². The zero-order chi connectivity index (χ0) is 30.3. The van der Waals surface area contributed by atoms with Crippen LogP contribution < -0.4 is 14.4 Å². The summed E-state index contributed by atoms with van der Waals surface area (Å²) in [6, 6.07) is 7.72. The van der Waals surface area contributed by atoms with E-state index in [2.05, 4.69) is 16.5 Å². The van der Waals surface area contributed by atoms with E-state index >= 15 is 0 Å². The van der Waals surface area contributed by atoms with Crippen LogP contribution in [0, 0.1) is 20.8 Å². The number of aryl methyl sites for hydroxylation is 3. The van der Waals surface area contributed by atoms with E-state index < -0.39 is 23.5 Å². The molecule has 1 N–H and O–H groups in total. The van der Waals surface area contributed by atoms with Crippen LogP contribution in [-0.2, 0) is 9.59 Å². The number of benzene rings is 1. The number of amides is 1. The molecule has 1 fully saturated rings. The van der Waals surface area contributed by atoms with Gasteiger partial charge in [-0.3, -0.25) is 19.3 Å². The fourth-order valence-electron chi connectivity index (χ4n) is 5.06. The lowest BCUT2D eigenvalue weighted by molar-refractivity contribution is -0.132.